The molecule has 8 nitrogen and oxygen atoms in total. The lowest BCUT2D eigenvalue weighted by Crippen LogP contribution is -2.52. The van der Waals surface area contributed by atoms with Crippen LogP contribution < -0.4 is 10.1 Å². The number of carboxylic acid groups (broad SMARTS) is 1. The summed E-state index contributed by atoms with van der Waals surface area (Å²) in [6, 6.07) is 7.67. The first-order valence-electron chi connectivity index (χ1n) is 7.96. The molecule has 2 aromatic rings. The summed E-state index contributed by atoms with van der Waals surface area (Å²) in [7, 11) is 0. The van der Waals surface area contributed by atoms with Crippen molar-refractivity contribution in [3.63, 3.8) is 0 Å². The molecule has 1 aliphatic heterocycles. The summed E-state index contributed by atoms with van der Waals surface area (Å²) in [5.41, 5.74) is 0.198. The van der Waals surface area contributed by atoms with Gasteiger partial charge in [-0.25, -0.2) is 4.79 Å². The van der Waals surface area contributed by atoms with Crippen molar-refractivity contribution in [1.29, 1.82) is 0 Å². The number of carboxylic acids is 1. The Labute approximate surface area is 144 Å². The van der Waals surface area contributed by atoms with Gasteiger partial charge in [-0.1, -0.05) is 0 Å². The number of carbonyl (C=O) groups excluding carboxylic acids is 1. The molecule has 1 saturated heterocycles. The molecule has 132 valence electrons. The number of hydrogen-bond acceptors (Lipinski definition) is 5. The molecular formula is C17H19N3O5. The predicted molar refractivity (Wildman–Crippen MR) is 87.4 cm³/mol. The number of nitrogens with zero attached hydrogens (tertiary/aromatic N) is 2. The molecule has 1 aromatic carbocycles. The van der Waals surface area contributed by atoms with E-state index in [4.69, 9.17) is 14.6 Å². The highest BCUT2D eigenvalue weighted by atomic mass is 16.5. The Morgan fingerprint density at radius 1 is 1.36 bits per heavy atom. The van der Waals surface area contributed by atoms with Crippen LogP contribution in [0.3, 0.4) is 0 Å². The van der Waals surface area contributed by atoms with E-state index in [1.165, 1.54) is 12.1 Å². The minimum absolute atomic E-state index is 0.129. The summed E-state index contributed by atoms with van der Waals surface area (Å²) in [6.45, 7) is 1.04. The molecule has 3 rings (SSSR count). The van der Waals surface area contributed by atoms with Crippen LogP contribution in [0.4, 0.5) is 0 Å². The maximum atomic E-state index is 12.1. The third-order valence-corrected chi connectivity index (χ3v) is 3.89. The molecular weight excluding hydrogens is 326 g/mol. The lowest BCUT2D eigenvalue weighted by molar-refractivity contribution is -0.125. The lowest BCUT2D eigenvalue weighted by Gasteiger charge is -2.32. The molecule has 1 aromatic heterocycles. The van der Waals surface area contributed by atoms with Gasteiger partial charge in [-0.3, -0.25) is 9.48 Å². The molecule has 0 spiro atoms. The predicted octanol–water partition coefficient (Wildman–Crippen LogP) is 0.934. The van der Waals surface area contributed by atoms with E-state index in [0.717, 1.165) is 0 Å². The zero-order chi connectivity index (χ0) is 17.6. The first kappa shape index (κ1) is 17.0. The Morgan fingerprint density at radius 3 is 2.84 bits per heavy atom. The van der Waals surface area contributed by atoms with Crippen molar-refractivity contribution >= 4 is 11.9 Å². The summed E-state index contributed by atoms with van der Waals surface area (Å²) >= 11 is 0. The number of rotatable bonds is 6. The summed E-state index contributed by atoms with van der Waals surface area (Å²) in [6.07, 6.45) is 3.72. The number of ether oxygens (including phenoxy) is 2. The highest BCUT2D eigenvalue weighted by molar-refractivity contribution is 5.87. The molecule has 0 saturated carbocycles. The van der Waals surface area contributed by atoms with Crippen molar-refractivity contribution in [3.05, 3.63) is 48.3 Å². The van der Waals surface area contributed by atoms with E-state index < -0.39 is 5.97 Å². The molecule has 2 N–H and O–H groups in total. The standard InChI is InChI=1S/C17H19N3O5/c21-16(10-20-8-1-7-18-20)19-14-11-24-9-6-15(14)25-13-4-2-12(3-5-13)17(22)23/h1-5,7-8,14-15H,6,9-11H2,(H,19,21)(H,22,23)/t14-,15-/m1/s1. The number of aromatic nitrogens is 2. The summed E-state index contributed by atoms with van der Waals surface area (Å²) in [5.74, 6) is -0.598. The second-order valence-corrected chi connectivity index (χ2v) is 5.73. The number of aromatic carboxylic acids is 1. The molecule has 0 aliphatic carbocycles. The summed E-state index contributed by atoms with van der Waals surface area (Å²) < 4.78 is 12.9. The molecule has 0 bridgehead atoms. The van der Waals surface area contributed by atoms with Gasteiger partial charge >= 0.3 is 5.97 Å². The van der Waals surface area contributed by atoms with Crippen LogP contribution in [-0.4, -0.2) is 52.1 Å². The van der Waals surface area contributed by atoms with Crippen LogP contribution in [0.1, 0.15) is 16.8 Å². The van der Waals surface area contributed by atoms with Crippen molar-refractivity contribution in [2.45, 2.75) is 25.1 Å². The molecule has 0 unspecified atom stereocenters. The van der Waals surface area contributed by atoms with E-state index in [1.54, 1.807) is 35.3 Å². The minimum atomic E-state index is -0.985. The SMILES string of the molecule is O=C(Cn1cccn1)N[C@@H]1COCC[C@H]1Oc1ccc(C(=O)O)cc1. The fourth-order valence-corrected chi connectivity index (χ4v) is 2.64. The average molecular weight is 345 g/mol. The topological polar surface area (TPSA) is 103 Å². The number of nitrogens with one attached hydrogen (secondary N) is 1. The van der Waals surface area contributed by atoms with Gasteiger partial charge in [0, 0.05) is 18.8 Å². The van der Waals surface area contributed by atoms with E-state index in [0.29, 0.717) is 25.4 Å². The van der Waals surface area contributed by atoms with Gasteiger partial charge in [0.15, 0.2) is 0 Å². The van der Waals surface area contributed by atoms with E-state index >= 15 is 0 Å². The van der Waals surface area contributed by atoms with Gasteiger partial charge in [0.25, 0.3) is 0 Å². The Kier molecular flexibility index (Phi) is 5.30. The van der Waals surface area contributed by atoms with Crippen molar-refractivity contribution in [3.8, 4) is 5.75 Å². The van der Waals surface area contributed by atoms with Crippen molar-refractivity contribution in [2.24, 2.45) is 0 Å². The Bertz CT molecular complexity index is 714. The lowest BCUT2D eigenvalue weighted by atomic mass is 10.1. The smallest absolute Gasteiger partial charge is 0.335 e. The van der Waals surface area contributed by atoms with Crippen LogP contribution in [0, 0.1) is 0 Å². The van der Waals surface area contributed by atoms with Crippen molar-refractivity contribution < 1.29 is 24.2 Å². The van der Waals surface area contributed by atoms with Crippen LogP contribution in [0.2, 0.25) is 0 Å². The van der Waals surface area contributed by atoms with E-state index in [-0.39, 0.29) is 30.2 Å². The number of hydrogen-bond donors (Lipinski definition) is 2. The average Bonchev–Trinajstić information content (AvgIpc) is 3.10. The first-order valence-corrected chi connectivity index (χ1v) is 7.96. The van der Waals surface area contributed by atoms with Gasteiger partial charge in [-0.05, 0) is 30.3 Å². The van der Waals surface area contributed by atoms with Gasteiger partial charge in [0.2, 0.25) is 5.91 Å². The third-order valence-electron chi connectivity index (χ3n) is 3.89. The molecule has 8 heteroatoms. The molecule has 2 atom stereocenters. The highest BCUT2D eigenvalue weighted by Crippen LogP contribution is 2.19. The monoisotopic (exact) mass is 345 g/mol. The van der Waals surface area contributed by atoms with E-state index in [9.17, 15) is 9.59 Å². The second kappa shape index (κ2) is 7.80. The van der Waals surface area contributed by atoms with Crippen molar-refractivity contribution in [2.75, 3.05) is 13.2 Å². The van der Waals surface area contributed by atoms with Gasteiger partial charge in [0.05, 0.1) is 24.8 Å². The molecule has 1 fully saturated rings. The Hall–Kier alpha value is -2.87. The fraction of sp³-hybridized carbons (Fsp3) is 0.353. The molecule has 2 heterocycles. The summed E-state index contributed by atoms with van der Waals surface area (Å²) in [4.78, 5) is 23.0. The quantitative estimate of drug-likeness (QED) is 0.807. The molecule has 25 heavy (non-hydrogen) atoms. The Balaban J connectivity index is 1.60. The van der Waals surface area contributed by atoms with Crippen LogP contribution in [0.15, 0.2) is 42.7 Å². The number of benzene rings is 1. The van der Waals surface area contributed by atoms with Crippen molar-refractivity contribution in [1.82, 2.24) is 15.1 Å². The van der Waals surface area contributed by atoms with E-state index in [1.807, 2.05) is 0 Å². The van der Waals surface area contributed by atoms with E-state index in [2.05, 4.69) is 10.4 Å². The van der Waals surface area contributed by atoms with Gasteiger partial charge in [-0.2, -0.15) is 5.10 Å². The van der Waals surface area contributed by atoms with Gasteiger partial charge in [-0.15, -0.1) is 0 Å². The molecule has 1 amide bonds. The van der Waals surface area contributed by atoms with Crippen LogP contribution >= 0.6 is 0 Å². The molecule has 1 aliphatic rings. The van der Waals surface area contributed by atoms with Crippen LogP contribution in [-0.2, 0) is 16.1 Å². The normalized spacial score (nSPS) is 20.0. The first-order chi connectivity index (χ1) is 12.1. The highest BCUT2D eigenvalue weighted by Gasteiger charge is 2.29. The summed E-state index contributed by atoms with van der Waals surface area (Å²) in [5, 5.41) is 15.8. The van der Waals surface area contributed by atoms with Crippen LogP contribution in [0.5, 0.6) is 5.75 Å². The number of carbonyl (C=O) groups is 2. The van der Waals surface area contributed by atoms with Gasteiger partial charge in [0.1, 0.15) is 18.4 Å². The second-order valence-electron chi connectivity index (χ2n) is 5.73. The zero-order valence-electron chi connectivity index (χ0n) is 13.5. The van der Waals surface area contributed by atoms with Crippen LogP contribution in [0.25, 0.3) is 0 Å². The zero-order valence-corrected chi connectivity index (χ0v) is 13.5. The maximum Gasteiger partial charge on any atom is 0.335 e. The largest absolute Gasteiger partial charge is 0.488 e. The fourth-order valence-electron chi connectivity index (χ4n) is 2.64. The Morgan fingerprint density at radius 2 is 2.16 bits per heavy atom. The van der Waals surface area contributed by atoms with Gasteiger partial charge < -0.3 is 19.9 Å². The maximum absolute atomic E-state index is 12.1. The third kappa shape index (κ3) is 4.57. The minimum Gasteiger partial charge on any atom is -0.488 e. The molecule has 0 radical (unpaired) electrons. The number of amides is 1.